The van der Waals surface area contributed by atoms with Crippen LogP contribution in [0.2, 0.25) is 0 Å². The largest absolute Gasteiger partial charge is 0.343 e. The van der Waals surface area contributed by atoms with Crippen LogP contribution in [0.15, 0.2) is 18.3 Å². The lowest BCUT2D eigenvalue weighted by atomic mass is 10.3. The van der Waals surface area contributed by atoms with Crippen LogP contribution in [0.3, 0.4) is 0 Å². The third kappa shape index (κ3) is 1.10. The predicted octanol–water partition coefficient (Wildman–Crippen LogP) is 1.88. The van der Waals surface area contributed by atoms with Crippen LogP contribution in [0.5, 0.6) is 0 Å². The summed E-state index contributed by atoms with van der Waals surface area (Å²) in [5.41, 5.74) is 0.745. The van der Waals surface area contributed by atoms with Gasteiger partial charge in [0.05, 0.1) is 5.69 Å². The summed E-state index contributed by atoms with van der Waals surface area (Å²) in [5.74, 6) is 0. The molecule has 0 N–H and O–H groups in total. The fraction of sp³-hybridized carbons (Fsp3) is 0.375. The highest BCUT2D eigenvalue weighted by Gasteiger charge is 2.00. The zero-order valence-electron chi connectivity index (χ0n) is 6.24. The molecule has 0 spiro atoms. The molecule has 1 heterocycles. The molecule has 0 aromatic carbocycles. The molecule has 0 saturated heterocycles. The monoisotopic (exact) mass is 137 g/mol. The van der Waals surface area contributed by atoms with Crippen molar-refractivity contribution in [2.24, 2.45) is 0 Å². The maximum Gasteiger partial charge on any atom is 0.166 e. The van der Waals surface area contributed by atoms with Gasteiger partial charge in [-0.1, -0.05) is 0 Å². The van der Waals surface area contributed by atoms with Crippen molar-refractivity contribution < 1.29 is 4.79 Å². The van der Waals surface area contributed by atoms with Gasteiger partial charge < -0.3 is 4.57 Å². The first-order chi connectivity index (χ1) is 4.75. The average Bonchev–Trinajstić information content (AvgIpc) is 2.33. The fourth-order valence-electron chi connectivity index (χ4n) is 0.977. The van der Waals surface area contributed by atoms with Crippen molar-refractivity contribution in [2.75, 3.05) is 0 Å². The first-order valence-corrected chi connectivity index (χ1v) is 3.37. The Morgan fingerprint density at radius 1 is 1.60 bits per heavy atom. The van der Waals surface area contributed by atoms with E-state index in [1.807, 2.05) is 36.7 Å². The van der Waals surface area contributed by atoms with E-state index in [4.69, 9.17) is 0 Å². The van der Waals surface area contributed by atoms with Crippen LogP contribution in [0, 0.1) is 0 Å². The molecule has 2 heteroatoms. The molecular formula is C8H11NO. The molecule has 1 aromatic heterocycles. The molecule has 54 valence electrons. The zero-order chi connectivity index (χ0) is 7.56. The van der Waals surface area contributed by atoms with Gasteiger partial charge in [0.2, 0.25) is 0 Å². The number of rotatable bonds is 2. The highest BCUT2D eigenvalue weighted by molar-refractivity contribution is 5.72. The lowest BCUT2D eigenvalue weighted by Gasteiger charge is -2.07. The van der Waals surface area contributed by atoms with E-state index in [1.54, 1.807) is 0 Å². The lowest BCUT2D eigenvalue weighted by Crippen LogP contribution is -2.02. The lowest BCUT2D eigenvalue weighted by molar-refractivity contribution is 0.111. The first kappa shape index (κ1) is 7.06. The van der Waals surface area contributed by atoms with Crippen LogP contribution in [-0.4, -0.2) is 10.9 Å². The number of aromatic nitrogens is 1. The molecule has 10 heavy (non-hydrogen) atoms. The van der Waals surface area contributed by atoms with Crippen molar-refractivity contribution in [3.63, 3.8) is 0 Å². The van der Waals surface area contributed by atoms with Crippen molar-refractivity contribution in [2.45, 2.75) is 19.9 Å². The van der Waals surface area contributed by atoms with Gasteiger partial charge in [-0.25, -0.2) is 0 Å². The van der Waals surface area contributed by atoms with Crippen molar-refractivity contribution in [3.8, 4) is 0 Å². The van der Waals surface area contributed by atoms with Gasteiger partial charge in [-0.2, -0.15) is 0 Å². The van der Waals surface area contributed by atoms with Crippen LogP contribution in [0.4, 0.5) is 0 Å². The number of hydrogen-bond donors (Lipinski definition) is 0. The van der Waals surface area contributed by atoms with Crippen molar-refractivity contribution in [3.05, 3.63) is 24.0 Å². The summed E-state index contributed by atoms with van der Waals surface area (Å²) in [6, 6.07) is 4.06. The van der Waals surface area contributed by atoms with Crippen LogP contribution >= 0.6 is 0 Å². The predicted molar refractivity (Wildman–Crippen MR) is 40.2 cm³/mol. The van der Waals surface area contributed by atoms with Crippen LogP contribution in [0.25, 0.3) is 0 Å². The minimum atomic E-state index is 0.371. The van der Waals surface area contributed by atoms with Gasteiger partial charge in [0, 0.05) is 12.2 Å². The third-order valence-corrected chi connectivity index (χ3v) is 1.49. The molecular weight excluding hydrogens is 126 g/mol. The van der Waals surface area contributed by atoms with E-state index in [2.05, 4.69) is 0 Å². The summed E-state index contributed by atoms with van der Waals surface area (Å²) < 4.78 is 1.94. The van der Waals surface area contributed by atoms with E-state index in [-0.39, 0.29) is 0 Å². The summed E-state index contributed by atoms with van der Waals surface area (Å²) in [4.78, 5) is 10.4. The van der Waals surface area contributed by atoms with E-state index in [0.29, 0.717) is 6.04 Å². The van der Waals surface area contributed by atoms with Gasteiger partial charge in [-0.3, -0.25) is 4.79 Å². The minimum absolute atomic E-state index is 0.371. The minimum Gasteiger partial charge on any atom is -0.343 e. The van der Waals surface area contributed by atoms with Crippen molar-refractivity contribution in [1.29, 1.82) is 0 Å². The van der Waals surface area contributed by atoms with Gasteiger partial charge in [0.15, 0.2) is 6.29 Å². The Balaban J connectivity index is 3.01. The highest BCUT2D eigenvalue weighted by Crippen LogP contribution is 2.07. The molecule has 0 aliphatic carbocycles. The topological polar surface area (TPSA) is 22.0 Å². The second kappa shape index (κ2) is 2.69. The summed E-state index contributed by atoms with van der Waals surface area (Å²) in [6.45, 7) is 4.10. The Kier molecular flexibility index (Phi) is 1.90. The molecule has 1 aromatic rings. The molecule has 0 bridgehead atoms. The molecule has 0 atom stereocenters. The highest BCUT2D eigenvalue weighted by atomic mass is 16.1. The van der Waals surface area contributed by atoms with E-state index < -0.39 is 0 Å². The second-order valence-corrected chi connectivity index (χ2v) is 2.55. The van der Waals surface area contributed by atoms with Crippen LogP contribution in [0.1, 0.15) is 30.4 Å². The third-order valence-electron chi connectivity index (χ3n) is 1.49. The number of carbonyl (C=O) groups excluding carboxylic acids is 1. The Bertz CT molecular complexity index is 225. The van der Waals surface area contributed by atoms with Gasteiger partial charge >= 0.3 is 0 Å². The Labute approximate surface area is 60.5 Å². The van der Waals surface area contributed by atoms with Gasteiger partial charge in [-0.05, 0) is 26.0 Å². The van der Waals surface area contributed by atoms with Gasteiger partial charge in [0.25, 0.3) is 0 Å². The van der Waals surface area contributed by atoms with Crippen LogP contribution in [-0.2, 0) is 0 Å². The molecule has 0 radical (unpaired) electrons. The molecule has 0 aliphatic heterocycles. The molecule has 0 unspecified atom stereocenters. The Morgan fingerprint density at radius 3 is 2.70 bits per heavy atom. The smallest absolute Gasteiger partial charge is 0.166 e. The summed E-state index contributed by atoms with van der Waals surface area (Å²) >= 11 is 0. The molecule has 2 nitrogen and oxygen atoms in total. The quantitative estimate of drug-likeness (QED) is 0.570. The zero-order valence-corrected chi connectivity index (χ0v) is 6.24. The number of carbonyl (C=O) groups is 1. The molecule has 0 aliphatic rings. The fourth-order valence-corrected chi connectivity index (χ4v) is 0.977. The summed E-state index contributed by atoms with van der Waals surface area (Å²) in [6.07, 6.45) is 2.79. The Hall–Kier alpha value is -1.05. The van der Waals surface area contributed by atoms with E-state index >= 15 is 0 Å². The molecule has 1 rings (SSSR count). The second-order valence-electron chi connectivity index (χ2n) is 2.55. The number of aldehydes is 1. The molecule has 0 saturated carbocycles. The average molecular weight is 137 g/mol. The van der Waals surface area contributed by atoms with Crippen molar-refractivity contribution >= 4 is 6.29 Å². The SMILES string of the molecule is CC(C)n1cccc1C=O. The summed E-state index contributed by atoms with van der Waals surface area (Å²) in [7, 11) is 0. The van der Waals surface area contributed by atoms with Gasteiger partial charge in [0.1, 0.15) is 0 Å². The number of nitrogens with zero attached hydrogens (tertiary/aromatic N) is 1. The number of hydrogen-bond acceptors (Lipinski definition) is 1. The molecule has 0 amide bonds. The molecule has 0 fully saturated rings. The van der Waals surface area contributed by atoms with E-state index in [0.717, 1.165) is 12.0 Å². The first-order valence-electron chi connectivity index (χ1n) is 3.37. The van der Waals surface area contributed by atoms with E-state index in [1.165, 1.54) is 0 Å². The van der Waals surface area contributed by atoms with Crippen LogP contribution < -0.4 is 0 Å². The maximum atomic E-state index is 10.4. The standard InChI is InChI=1S/C8H11NO/c1-7(2)9-5-3-4-8(9)6-10/h3-7H,1-2H3. The Morgan fingerprint density at radius 2 is 2.30 bits per heavy atom. The summed E-state index contributed by atoms with van der Waals surface area (Å²) in [5, 5.41) is 0. The van der Waals surface area contributed by atoms with Gasteiger partial charge in [-0.15, -0.1) is 0 Å². The normalized spacial score (nSPS) is 10.3. The maximum absolute atomic E-state index is 10.4. The van der Waals surface area contributed by atoms with Crippen molar-refractivity contribution in [1.82, 2.24) is 4.57 Å². The van der Waals surface area contributed by atoms with E-state index in [9.17, 15) is 4.79 Å².